The summed E-state index contributed by atoms with van der Waals surface area (Å²) >= 11 is 0. The average Bonchev–Trinajstić information content (AvgIpc) is 3.34. The summed E-state index contributed by atoms with van der Waals surface area (Å²) in [7, 11) is 0. The van der Waals surface area contributed by atoms with Crippen molar-refractivity contribution in [1.29, 1.82) is 0 Å². The lowest BCUT2D eigenvalue weighted by molar-refractivity contribution is 0.236. The van der Waals surface area contributed by atoms with E-state index in [4.69, 9.17) is 0 Å². The Kier molecular flexibility index (Phi) is 3.92. The van der Waals surface area contributed by atoms with Gasteiger partial charge in [0.05, 0.1) is 5.69 Å². The number of fused-ring (bicyclic) bond motifs is 1. The zero-order valence-corrected chi connectivity index (χ0v) is 13.3. The van der Waals surface area contributed by atoms with Gasteiger partial charge in [-0.05, 0) is 43.4 Å². The molecule has 126 valence electrons. The summed E-state index contributed by atoms with van der Waals surface area (Å²) in [5, 5.41) is 0. The highest BCUT2D eigenvalue weighted by Crippen LogP contribution is 2.31. The summed E-state index contributed by atoms with van der Waals surface area (Å²) in [5.41, 5.74) is 1.79. The van der Waals surface area contributed by atoms with Gasteiger partial charge in [-0.2, -0.15) is 0 Å². The first kappa shape index (κ1) is 15.4. The van der Waals surface area contributed by atoms with Crippen LogP contribution >= 0.6 is 0 Å². The van der Waals surface area contributed by atoms with E-state index < -0.39 is 11.6 Å². The van der Waals surface area contributed by atoms with Crippen LogP contribution in [0.25, 0.3) is 0 Å². The topological polar surface area (TPSA) is 49.0 Å². The largest absolute Gasteiger partial charge is 0.310 e. The number of halogens is 2. The number of hydrogen-bond acceptors (Lipinski definition) is 3. The van der Waals surface area contributed by atoms with Crippen LogP contribution in [0.3, 0.4) is 0 Å². The summed E-state index contributed by atoms with van der Waals surface area (Å²) in [6.07, 6.45) is 3.80. The van der Waals surface area contributed by atoms with Crippen LogP contribution in [0.15, 0.2) is 23.0 Å². The Morgan fingerprint density at radius 3 is 2.92 bits per heavy atom. The molecule has 0 unspecified atom stereocenters. The highest BCUT2D eigenvalue weighted by Gasteiger charge is 2.25. The molecule has 0 amide bonds. The molecule has 0 bridgehead atoms. The SMILES string of the molecule is O=c1[nH]c(CC2CC2)nc2c1CCN(Cc1cc(F)ccc1F)C2. The van der Waals surface area contributed by atoms with Gasteiger partial charge in [0.1, 0.15) is 17.5 Å². The molecule has 24 heavy (non-hydrogen) atoms. The number of nitrogens with one attached hydrogen (secondary N) is 1. The fourth-order valence-corrected chi connectivity index (χ4v) is 3.28. The second-order valence-corrected chi connectivity index (χ2v) is 6.78. The Morgan fingerprint density at radius 1 is 1.29 bits per heavy atom. The molecule has 1 aliphatic heterocycles. The van der Waals surface area contributed by atoms with Crippen LogP contribution in [-0.2, 0) is 25.9 Å². The fourth-order valence-electron chi connectivity index (χ4n) is 3.28. The lowest BCUT2D eigenvalue weighted by atomic mass is 10.0. The van der Waals surface area contributed by atoms with Crippen LogP contribution in [0.5, 0.6) is 0 Å². The van der Waals surface area contributed by atoms with Gasteiger partial charge in [-0.3, -0.25) is 9.69 Å². The molecule has 1 aromatic heterocycles. The van der Waals surface area contributed by atoms with E-state index in [9.17, 15) is 13.6 Å². The summed E-state index contributed by atoms with van der Waals surface area (Å²) in [6.45, 7) is 1.44. The van der Waals surface area contributed by atoms with Crippen molar-refractivity contribution >= 4 is 0 Å². The Balaban J connectivity index is 1.55. The maximum atomic E-state index is 13.8. The quantitative estimate of drug-likeness (QED) is 0.937. The average molecular weight is 331 g/mol. The van der Waals surface area contributed by atoms with E-state index in [1.807, 2.05) is 4.90 Å². The Bertz CT molecular complexity index is 829. The monoisotopic (exact) mass is 331 g/mol. The Labute approximate surface area is 138 Å². The first-order valence-corrected chi connectivity index (χ1v) is 8.35. The van der Waals surface area contributed by atoms with E-state index in [1.165, 1.54) is 18.9 Å². The molecule has 0 atom stereocenters. The molecule has 4 rings (SSSR count). The van der Waals surface area contributed by atoms with Gasteiger partial charge in [-0.15, -0.1) is 0 Å². The minimum absolute atomic E-state index is 0.0489. The predicted octanol–water partition coefficient (Wildman–Crippen LogP) is 2.56. The van der Waals surface area contributed by atoms with Gasteiger partial charge >= 0.3 is 0 Å². The summed E-state index contributed by atoms with van der Waals surface area (Å²) in [4.78, 5) is 21.7. The molecule has 4 nitrogen and oxygen atoms in total. The number of benzene rings is 1. The van der Waals surface area contributed by atoms with Gasteiger partial charge in [0.25, 0.3) is 5.56 Å². The molecule has 0 saturated heterocycles. The standard InChI is InChI=1S/C18H19F2N3O/c19-13-3-4-15(20)12(8-13)9-23-6-5-14-16(10-23)21-17(22-18(14)24)7-11-1-2-11/h3-4,8,11H,1-2,5-7,9-10H2,(H,21,22,24). The number of hydrogen-bond donors (Lipinski definition) is 1. The van der Waals surface area contributed by atoms with E-state index in [1.54, 1.807) is 0 Å². The third-order valence-corrected chi connectivity index (χ3v) is 4.78. The van der Waals surface area contributed by atoms with Crippen molar-refractivity contribution in [2.45, 2.75) is 38.8 Å². The number of H-pyrrole nitrogens is 1. The van der Waals surface area contributed by atoms with Crippen molar-refractivity contribution in [1.82, 2.24) is 14.9 Å². The summed E-state index contributed by atoms with van der Waals surface area (Å²) in [5.74, 6) is 0.549. The van der Waals surface area contributed by atoms with Crippen molar-refractivity contribution in [3.05, 3.63) is 62.8 Å². The van der Waals surface area contributed by atoms with Crippen molar-refractivity contribution in [2.75, 3.05) is 6.54 Å². The van der Waals surface area contributed by atoms with Crippen molar-refractivity contribution < 1.29 is 8.78 Å². The molecule has 1 aromatic carbocycles. The number of aromatic nitrogens is 2. The fraction of sp³-hybridized carbons (Fsp3) is 0.444. The summed E-state index contributed by atoms with van der Waals surface area (Å²) in [6, 6.07) is 3.50. The molecule has 0 radical (unpaired) electrons. The van der Waals surface area contributed by atoms with Crippen molar-refractivity contribution in [2.24, 2.45) is 5.92 Å². The van der Waals surface area contributed by atoms with Crippen LogP contribution in [0.2, 0.25) is 0 Å². The lowest BCUT2D eigenvalue weighted by Crippen LogP contribution is -2.35. The highest BCUT2D eigenvalue weighted by molar-refractivity contribution is 5.23. The maximum absolute atomic E-state index is 13.8. The third-order valence-electron chi connectivity index (χ3n) is 4.78. The second-order valence-electron chi connectivity index (χ2n) is 6.78. The Morgan fingerprint density at radius 2 is 2.12 bits per heavy atom. The number of aromatic amines is 1. The summed E-state index contributed by atoms with van der Waals surface area (Å²) < 4.78 is 27.2. The van der Waals surface area contributed by atoms with Crippen molar-refractivity contribution in [3.8, 4) is 0 Å². The van der Waals surface area contributed by atoms with E-state index in [2.05, 4.69) is 9.97 Å². The molecule has 2 heterocycles. The maximum Gasteiger partial charge on any atom is 0.254 e. The first-order valence-electron chi connectivity index (χ1n) is 8.35. The number of rotatable bonds is 4. The predicted molar refractivity (Wildman–Crippen MR) is 85.5 cm³/mol. The highest BCUT2D eigenvalue weighted by atomic mass is 19.1. The third kappa shape index (κ3) is 3.24. The second kappa shape index (κ2) is 6.09. The van der Waals surface area contributed by atoms with Gasteiger partial charge in [0, 0.05) is 37.2 Å². The van der Waals surface area contributed by atoms with E-state index in [0.717, 1.165) is 35.6 Å². The number of nitrogens with zero attached hydrogens (tertiary/aromatic N) is 2. The van der Waals surface area contributed by atoms with Crippen LogP contribution in [-0.4, -0.2) is 21.4 Å². The molecule has 1 N–H and O–H groups in total. The van der Waals surface area contributed by atoms with E-state index in [-0.39, 0.29) is 5.56 Å². The van der Waals surface area contributed by atoms with Crippen molar-refractivity contribution in [3.63, 3.8) is 0 Å². The van der Waals surface area contributed by atoms with Gasteiger partial charge in [-0.25, -0.2) is 13.8 Å². The van der Waals surface area contributed by atoms with E-state index in [0.29, 0.717) is 37.5 Å². The van der Waals surface area contributed by atoms with E-state index >= 15 is 0 Å². The smallest absolute Gasteiger partial charge is 0.254 e. The van der Waals surface area contributed by atoms with Gasteiger partial charge in [-0.1, -0.05) is 0 Å². The molecule has 0 spiro atoms. The zero-order valence-electron chi connectivity index (χ0n) is 13.3. The lowest BCUT2D eigenvalue weighted by Gasteiger charge is -2.27. The van der Waals surface area contributed by atoms with Crippen LogP contribution in [0.4, 0.5) is 8.78 Å². The molecule has 2 aromatic rings. The molecular formula is C18H19F2N3O. The van der Waals surface area contributed by atoms with Gasteiger partial charge in [0.2, 0.25) is 0 Å². The molecule has 6 heteroatoms. The van der Waals surface area contributed by atoms with Gasteiger partial charge in [0.15, 0.2) is 0 Å². The molecule has 2 aliphatic rings. The normalized spacial score (nSPS) is 17.8. The van der Waals surface area contributed by atoms with Crippen LogP contribution < -0.4 is 5.56 Å². The Hall–Kier alpha value is -2.08. The molecular weight excluding hydrogens is 312 g/mol. The minimum Gasteiger partial charge on any atom is -0.310 e. The van der Waals surface area contributed by atoms with Crippen LogP contribution in [0, 0.1) is 17.6 Å². The zero-order chi connectivity index (χ0) is 16.7. The molecule has 1 saturated carbocycles. The van der Waals surface area contributed by atoms with Gasteiger partial charge < -0.3 is 4.98 Å². The van der Waals surface area contributed by atoms with Crippen LogP contribution in [0.1, 0.15) is 35.5 Å². The molecule has 1 aliphatic carbocycles. The first-order chi connectivity index (χ1) is 11.6. The minimum atomic E-state index is -0.440. The molecule has 1 fully saturated rings.